The number of fused-ring (bicyclic) bond motifs is 5. The predicted molar refractivity (Wildman–Crippen MR) is 97.6 cm³/mol. The van der Waals surface area contributed by atoms with Gasteiger partial charge >= 0.3 is 0 Å². The summed E-state index contributed by atoms with van der Waals surface area (Å²) >= 11 is 0. The van der Waals surface area contributed by atoms with Crippen LogP contribution in [0.1, 0.15) is 43.9 Å². The van der Waals surface area contributed by atoms with Crippen molar-refractivity contribution in [3.05, 3.63) is 47.4 Å². The Balaban J connectivity index is 1.72. The van der Waals surface area contributed by atoms with Gasteiger partial charge in [0.1, 0.15) is 5.82 Å². The molecule has 0 saturated heterocycles. The zero-order valence-electron chi connectivity index (χ0n) is 15.6. The molecule has 1 saturated carbocycles. The Bertz CT molecular complexity index is 823. The molecule has 2 atom stereocenters. The molecule has 1 heterocycles. The van der Waals surface area contributed by atoms with Crippen LogP contribution in [0.15, 0.2) is 30.3 Å². The monoisotopic (exact) mass is 356 g/mol. The van der Waals surface area contributed by atoms with Crippen molar-refractivity contribution in [3.8, 4) is 11.3 Å². The lowest BCUT2D eigenvalue weighted by molar-refractivity contribution is 0.0143. The highest BCUT2D eigenvalue weighted by Gasteiger charge is 2.63. The number of nitrogens with zero attached hydrogens (tertiary/aromatic N) is 2. The van der Waals surface area contributed by atoms with Crippen molar-refractivity contribution in [3.63, 3.8) is 0 Å². The molecule has 2 aromatic rings. The van der Waals surface area contributed by atoms with Crippen molar-refractivity contribution in [2.75, 3.05) is 26.9 Å². The Morgan fingerprint density at radius 3 is 2.77 bits per heavy atom. The lowest BCUT2D eigenvalue weighted by atomic mass is 9.69. The van der Waals surface area contributed by atoms with E-state index in [1.54, 1.807) is 19.2 Å². The van der Waals surface area contributed by atoms with Crippen LogP contribution < -0.4 is 0 Å². The number of halogens is 1. The largest absolute Gasteiger partial charge is 0.382 e. The SMILES string of the molecule is COCCOC[C@]12CC[C@H](c3cc(-c4ccccc4F)nnc31)C2(C)C. The Morgan fingerprint density at radius 1 is 1.19 bits per heavy atom. The molecule has 4 nitrogen and oxygen atoms in total. The third-order valence-corrected chi connectivity index (χ3v) is 6.55. The van der Waals surface area contributed by atoms with Gasteiger partial charge in [0.05, 0.1) is 31.2 Å². The van der Waals surface area contributed by atoms with Crippen molar-refractivity contribution in [1.82, 2.24) is 10.2 Å². The molecule has 138 valence electrons. The molecule has 0 aliphatic heterocycles. The van der Waals surface area contributed by atoms with Gasteiger partial charge in [0.25, 0.3) is 0 Å². The number of hydrogen-bond acceptors (Lipinski definition) is 4. The summed E-state index contributed by atoms with van der Waals surface area (Å²) in [6.45, 7) is 6.39. The summed E-state index contributed by atoms with van der Waals surface area (Å²) in [6.07, 6.45) is 2.16. The maximum absolute atomic E-state index is 14.2. The summed E-state index contributed by atoms with van der Waals surface area (Å²) in [6, 6.07) is 8.79. The maximum atomic E-state index is 14.2. The Kier molecular flexibility index (Phi) is 4.32. The van der Waals surface area contributed by atoms with Crippen molar-refractivity contribution in [2.45, 2.75) is 38.0 Å². The van der Waals surface area contributed by atoms with E-state index in [1.165, 1.54) is 11.6 Å². The van der Waals surface area contributed by atoms with Crippen LogP contribution in [0.4, 0.5) is 4.39 Å². The predicted octanol–water partition coefficient (Wildman–Crippen LogP) is 4.10. The Morgan fingerprint density at radius 2 is 2.00 bits per heavy atom. The molecule has 0 unspecified atom stereocenters. The zero-order chi connectivity index (χ0) is 18.4. The molecular weight excluding hydrogens is 331 g/mol. The standard InChI is InChI=1S/C21H25FN2O2/c1-20(2)16-8-9-21(20,13-26-11-10-25-3)19-15(16)12-18(23-24-19)14-6-4-5-7-17(14)22/h4-7,12,16H,8-11,13H2,1-3H3/t16-,21-/m1/s1. The number of hydrogen-bond donors (Lipinski definition) is 0. The van der Waals surface area contributed by atoms with Crippen molar-refractivity contribution < 1.29 is 13.9 Å². The van der Waals surface area contributed by atoms with Crippen LogP contribution in [0.25, 0.3) is 11.3 Å². The molecule has 1 aromatic heterocycles. The highest BCUT2D eigenvalue weighted by Crippen LogP contribution is 2.67. The summed E-state index contributed by atoms with van der Waals surface area (Å²) in [5, 5.41) is 8.98. The molecule has 1 aromatic carbocycles. The molecule has 2 bridgehead atoms. The lowest BCUT2D eigenvalue weighted by Gasteiger charge is -2.37. The summed E-state index contributed by atoms with van der Waals surface area (Å²) in [7, 11) is 1.68. The minimum Gasteiger partial charge on any atom is -0.382 e. The van der Waals surface area contributed by atoms with Gasteiger partial charge < -0.3 is 9.47 Å². The molecule has 4 rings (SSSR count). The third kappa shape index (κ3) is 2.41. The number of aromatic nitrogens is 2. The van der Waals surface area contributed by atoms with Crippen molar-refractivity contribution >= 4 is 0 Å². The normalized spacial score (nSPS) is 25.5. The fourth-order valence-corrected chi connectivity index (χ4v) is 4.93. The smallest absolute Gasteiger partial charge is 0.132 e. The first-order valence-corrected chi connectivity index (χ1v) is 9.21. The summed E-state index contributed by atoms with van der Waals surface area (Å²) in [5.41, 5.74) is 3.29. The number of benzene rings is 1. The average molecular weight is 356 g/mol. The first-order valence-electron chi connectivity index (χ1n) is 9.21. The average Bonchev–Trinajstić information content (AvgIpc) is 3.00. The number of rotatable bonds is 6. The van der Waals surface area contributed by atoms with Crippen LogP contribution in [0.5, 0.6) is 0 Å². The van der Waals surface area contributed by atoms with E-state index in [0.29, 0.717) is 37.0 Å². The first-order chi connectivity index (χ1) is 12.5. The van der Waals surface area contributed by atoms with Gasteiger partial charge in [-0.2, -0.15) is 10.2 Å². The van der Waals surface area contributed by atoms with Gasteiger partial charge in [0.2, 0.25) is 0 Å². The summed E-state index contributed by atoms with van der Waals surface area (Å²) in [5.74, 6) is 0.145. The van der Waals surface area contributed by atoms with Gasteiger partial charge in [0.15, 0.2) is 0 Å². The van der Waals surface area contributed by atoms with Crippen LogP contribution in [-0.2, 0) is 14.9 Å². The minimum absolute atomic E-state index is 0.0466. The van der Waals surface area contributed by atoms with Crippen LogP contribution in [-0.4, -0.2) is 37.1 Å². The van der Waals surface area contributed by atoms with Crippen LogP contribution in [0.3, 0.4) is 0 Å². The second-order valence-electron chi connectivity index (χ2n) is 7.95. The van der Waals surface area contributed by atoms with Gasteiger partial charge in [-0.05, 0) is 47.9 Å². The fraction of sp³-hybridized carbons (Fsp3) is 0.524. The van der Waals surface area contributed by atoms with Gasteiger partial charge in [-0.1, -0.05) is 26.0 Å². The van der Waals surface area contributed by atoms with E-state index in [0.717, 1.165) is 18.5 Å². The molecule has 0 N–H and O–H groups in total. The lowest BCUT2D eigenvalue weighted by Crippen LogP contribution is -2.40. The van der Waals surface area contributed by atoms with Crippen LogP contribution >= 0.6 is 0 Å². The second kappa shape index (κ2) is 6.39. The third-order valence-electron chi connectivity index (χ3n) is 6.55. The van der Waals surface area contributed by atoms with E-state index in [-0.39, 0.29) is 16.6 Å². The van der Waals surface area contributed by atoms with Crippen molar-refractivity contribution in [2.24, 2.45) is 5.41 Å². The molecule has 2 aliphatic carbocycles. The van der Waals surface area contributed by atoms with E-state index in [2.05, 4.69) is 24.0 Å². The molecular formula is C21H25FN2O2. The van der Waals surface area contributed by atoms with Gasteiger partial charge in [0, 0.05) is 18.1 Å². The minimum atomic E-state index is -0.262. The summed E-state index contributed by atoms with van der Waals surface area (Å²) < 4.78 is 25.2. The maximum Gasteiger partial charge on any atom is 0.132 e. The molecule has 0 amide bonds. The van der Waals surface area contributed by atoms with E-state index in [4.69, 9.17) is 9.47 Å². The van der Waals surface area contributed by atoms with Gasteiger partial charge in [-0.3, -0.25) is 0 Å². The second-order valence-corrected chi connectivity index (χ2v) is 7.95. The van der Waals surface area contributed by atoms with Gasteiger partial charge in [-0.15, -0.1) is 0 Å². The van der Waals surface area contributed by atoms with Crippen LogP contribution in [0.2, 0.25) is 0 Å². The highest BCUT2D eigenvalue weighted by atomic mass is 19.1. The van der Waals surface area contributed by atoms with E-state index < -0.39 is 0 Å². The fourth-order valence-electron chi connectivity index (χ4n) is 4.93. The van der Waals surface area contributed by atoms with E-state index >= 15 is 0 Å². The summed E-state index contributed by atoms with van der Waals surface area (Å²) in [4.78, 5) is 0. The van der Waals surface area contributed by atoms with E-state index in [1.807, 2.05) is 12.1 Å². The molecule has 1 fully saturated rings. The molecule has 5 heteroatoms. The van der Waals surface area contributed by atoms with Gasteiger partial charge in [-0.25, -0.2) is 4.39 Å². The topological polar surface area (TPSA) is 44.2 Å². The quantitative estimate of drug-likeness (QED) is 0.731. The van der Waals surface area contributed by atoms with E-state index in [9.17, 15) is 4.39 Å². The van der Waals surface area contributed by atoms with Crippen LogP contribution in [0, 0.1) is 11.2 Å². The Hall–Kier alpha value is -1.85. The molecule has 26 heavy (non-hydrogen) atoms. The first kappa shape index (κ1) is 17.6. The highest BCUT2D eigenvalue weighted by molar-refractivity contribution is 5.62. The zero-order valence-corrected chi connectivity index (χ0v) is 15.6. The number of ether oxygens (including phenoxy) is 2. The molecule has 2 aliphatic rings. The molecule has 0 spiro atoms. The molecule has 0 radical (unpaired) electrons. The van der Waals surface area contributed by atoms with Crippen molar-refractivity contribution in [1.29, 1.82) is 0 Å². The number of methoxy groups -OCH3 is 1. The Labute approximate surface area is 153 Å².